The Morgan fingerprint density at radius 3 is 2.00 bits per heavy atom. The van der Waals surface area contributed by atoms with E-state index >= 15 is 0 Å². The fraction of sp³-hybridized carbons (Fsp3) is 0.479. The second kappa shape index (κ2) is 12.7. The van der Waals surface area contributed by atoms with Crippen LogP contribution in [0.3, 0.4) is 0 Å². The highest BCUT2D eigenvalue weighted by Gasteiger charge is 2.76. The van der Waals surface area contributed by atoms with Gasteiger partial charge in [-0.3, -0.25) is 14.5 Å². The first kappa shape index (κ1) is 37.8. The molecule has 0 radical (unpaired) electrons. The van der Waals surface area contributed by atoms with E-state index in [1.54, 1.807) is 17.0 Å². The number of alkyl carbamates (subject to hydrolysis) is 1. The first-order valence-electron chi connectivity index (χ1n) is 22.4. The highest BCUT2D eigenvalue weighted by Crippen LogP contribution is 2.72. The van der Waals surface area contributed by atoms with Crippen LogP contribution in [-0.2, 0) is 57.4 Å². The minimum absolute atomic E-state index is 0.0173. The van der Waals surface area contributed by atoms with E-state index in [1.807, 2.05) is 42.5 Å². The lowest BCUT2D eigenvalue weighted by Gasteiger charge is -2.63. The molecule has 13 rings (SSSR count). The zero-order valence-corrected chi connectivity index (χ0v) is 34.6. The number of H-pyrrole nitrogens is 1. The Morgan fingerprint density at radius 1 is 0.762 bits per heavy atom. The minimum Gasteiger partial charge on any atom is -0.504 e. The molecule has 63 heavy (non-hydrogen) atoms. The van der Waals surface area contributed by atoms with Gasteiger partial charge < -0.3 is 55.2 Å². The number of piperidine rings is 2. The molecule has 3 fully saturated rings. The predicted molar refractivity (Wildman–Crippen MR) is 222 cm³/mol. The monoisotopic (exact) mass is 855 g/mol. The van der Waals surface area contributed by atoms with E-state index in [0.717, 1.165) is 63.4 Å². The molecule has 7 N–H and O–H groups in total. The van der Waals surface area contributed by atoms with Gasteiger partial charge >= 0.3 is 6.09 Å². The fourth-order valence-electron chi connectivity index (χ4n) is 14.0. The lowest BCUT2D eigenvalue weighted by molar-refractivity contribution is -0.182. The van der Waals surface area contributed by atoms with Crippen LogP contribution in [0.4, 0.5) is 4.79 Å². The van der Waals surface area contributed by atoms with Crippen LogP contribution in [0.25, 0.3) is 0 Å². The van der Waals surface area contributed by atoms with E-state index in [4.69, 9.17) is 14.2 Å². The van der Waals surface area contributed by atoms with Gasteiger partial charge in [-0.15, -0.1) is 0 Å². The molecule has 4 aliphatic heterocycles. The van der Waals surface area contributed by atoms with E-state index in [1.165, 1.54) is 12.8 Å². The first-order chi connectivity index (χ1) is 30.4. The Balaban J connectivity index is 0.839. The molecule has 5 heterocycles. The van der Waals surface area contributed by atoms with Crippen molar-refractivity contribution in [3.8, 4) is 23.0 Å². The average Bonchev–Trinajstić information content (AvgIpc) is 3.77. The second-order valence-corrected chi connectivity index (χ2v) is 19.6. The van der Waals surface area contributed by atoms with Crippen molar-refractivity contribution in [3.63, 3.8) is 0 Å². The maximum atomic E-state index is 14.3. The lowest BCUT2D eigenvalue weighted by Crippen LogP contribution is -2.75. The third-order valence-electron chi connectivity index (χ3n) is 16.8. The van der Waals surface area contributed by atoms with Crippen LogP contribution in [0, 0.1) is 5.92 Å². The third-order valence-corrected chi connectivity index (χ3v) is 16.8. The number of carbonyl (C=O) groups excluding carboxylic acids is 3. The standard InChI is InChI=1S/C48H49N5O10/c54-30-10-8-26-16-32-47(59)18-28-29-19-48(60)33-17-27-9-11-31(55)41-37(27)46(48,13-15-53(33)35(57)21-49-34(56)20-50-44(58)61-23-25-4-2-1-3-5-25)43(63-41)39(29)51-38(28)42-45(47,36(26)40(30)62-42)12-14-52(32)22-24-6-7-24/h1-5,8-11,24,32-33,42-43,51,54-55,59-60H,6-7,12-23H2,(H,49,56)(H,50,58)/t32-,33+,42+,43+,45+,46+,47-,48-/m1/s1. The highest BCUT2D eigenvalue weighted by atomic mass is 16.5. The van der Waals surface area contributed by atoms with Crippen molar-refractivity contribution in [3.05, 3.63) is 105 Å². The Morgan fingerprint density at radius 2 is 1.37 bits per heavy atom. The van der Waals surface area contributed by atoms with E-state index in [9.17, 15) is 34.8 Å². The number of nitrogens with zero attached hydrogens (tertiary/aromatic N) is 2. The van der Waals surface area contributed by atoms with Crippen molar-refractivity contribution in [1.29, 1.82) is 0 Å². The molecule has 3 aromatic carbocycles. The SMILES string of the molecule is O=C(CNC(=O)OCc1ccccc1)NCC(=O)N1CC[C@]23c4c5ccc(O)c4O[C@H]2c2[nH]c4c(c2C[C@@]3(O)[C@@H]1C5)C[C@@]1(O)[C@H]2Cc3ccc(O)c5c3[C@@]1(CCN2CC1CC1)[C@H]4O5. The zero-order valence-electron chi connectivity index (χ0n) is 34.6. The van der Waals surface area contributed by atoms with Crippen LogP contribution in [0.15, 0.2) is 54.6 Å². The highest BCUT2D eigenvalue weighted by molar-refractivity contribution is 5.88. The smallest absolute Gasteiger partial charge is 0.407 e. The van der Waals surface area contributed by atoms with Gasteiger partial charge in [0.1, 0.15) is 18.8 Å². The normalized spacial score (nSPS) is 32.9. The molecule has 15 heteroatoms. The number of fused-ring (bicyclic) bond motifs is 5. The number of rotatable bonds is 8. The Hall–Kier alpha value is -5.77. The van der Waals surface area contributed by atoms with E-state index in [2.05, 4.69) is 20.5 Å². The Kier molecular flexibility index (Phi) is 7.61. The molecule has 1 saturated carbocycles. The average molecular weight is 856 g/mol. The van der Waals surface area contributed by atoms with Crippen molar-refractivity contribution in [2.45, 2.75) is 104 Å². The maximum Gasteiger partial charge on any atom is 0.407 e. The molecule has 3 amide bonds. The van der Waals surface area contributed by atoms with Crippen molar-refractivity contribution in [2.75, 3.05) is 32.7 Å². The molecular formula is C48H49N5O10. The van der Waals surface area contributed by atoms with Crippen LogP contribution in [-0.4, -0.2) is 109 Å². The van der Waals surface area contributed by atoms with E-state index in [-0.39, 0.29) is 56.1 Å². The largest absolute Gasteiger partial charge is 0.504 e. The van der Waals surface area contributed by atoms with Crippen LogP contribution in [0.2, 0.25) is 0 Å². The van der Waals surface area contributed by atoms with Crippen molar-refractivity contribution in [2.24, 2.45) is 5.92 Å². The van der Waals surface area contributed by atoms with Gasteiger partial charge in [-0.25, -0.2) is 4.79 Å². The van der Waals surface area contributed by atoms with Gasteiger partial charge in [0.15, 0.2) is 35.2 Å². The second-order valence-electron chi connectivity index (χ2n) is 19.6. The summed E-state index contributed by atoms with van der Waals surface area (Å²) in [6.07, 6.45) is 2.60. The van der Waals surface area contributed by atoms with Crippen LogP contribution in [0.1, 0.15) is 88.2 Å². The number of carbonyl (C=O) groups is 3. The van der Waals surface area contributed by atoms with Crippen LogP contribution < -0.4 is 20.1 Å². The van der Waals surface area contributed by atoms with Crippen LogP contribution in [0.5, 0.6) is 23.0 Å². The minimum atomic E-state index is -1.57. The molecule has 9 aliphatic rings. The number of nitrogens with one attached hydrogen (secondary N) is 3. The molecule has 4 bridgehead atoms. The fourth-order valence-corrected chi connectivity index (χ4v) is 14.0. The topological polar surface area (TPSA) is 206 Å². The van der Waals surface area contributed by atoms with Gasteiger partial charge in [0, 0.05) is 43.1 Å². The number of benzene rings is 3. The number of likely N-dealkylation sites (tertiary alicyclic amines) is 2. The number of hydrogen-bond acceptors (Lipinski definition) is 11. The molecule has 8 atom stereocenters. The van der Waals surface area contributed by atoms with Crippen molar-refractivity contribution >= 4 is 17.9 Å². The molecule has 2 spiro atoms. The summed E-state index contributed by atoms with van der Waals surface area (Å²) < 4.78 is 19.0. The van der Waals surface area contributed by atoms with E-state index in [0.29, 0.717) is 49.5 Å². The van der Waals surface area contributed by atoms with Gasteiger partial charge in [-0.05, 0) is 90.9 Å². The predicted octanol–water partition coefficient (Wildman–Crippen LogP) is 2.98. The number of ether oxygens (including phenoxy) is 3. The van der Waals surface area contributed by atoms with E-state index < -0.39 is 52.3 Å². The number of aromatic hydroxyl groups is 2. The van der Waals surface area contributed by atoms with Gasteiger partial charge in [0.25, 0.3) is 0 Å². The molecule has 5 aliphatic carbocycles. The summed E-state index contributed by atoms with van der Waals surface area (Å²) in [5.41, 5.74) is 3.09. The number of hydrogen-bond donors (Lipinski definition) is 7. The molecule has 326 valence electrons. The molecule has 2 saturated heterocycles. The van der Waals surface area contributed by atoms with Gasteiger partial charge in [0.2, 0.25) is 11.8 Å². The van der Waals surface area contributed by atoms with Crippen molar-refractivity contribution in [1.82, 2.24) is 25.4 Å². The Bertz CT molecular complexity index is 2680. The summed E-state index contributed by atoms with van der Waals surface area (Å²) >= 11 is 0. The number of amides is 3. The number of aliphatic hydroxyl groups is 2. The quantitative estimate of drug-likeness (QED) is 0.137. The summed E-state index contributed by atoms with van der Waals surface area (Å²) in [6.45, 7) is 1.31. The summed E-state index contributed by atoms with van der Waals surface area (Å²) in [7, 11) is 0. The third kappa shape index (κ3) is 4.77. The molecule has 15 nitrogen and oxygen atoms in total. The summed E-state index contributed by atoms with van der Waals surface area (Å²) in [4.78, 5) is 47.4. The molecular weight excluding hydrogens is 807 g/mol. The number of phenols is 2. The summed E-state index contributed by atoms with van der Waals surface area (Å²) in [5.74, 6) is 0.495. The lowest BCUT2D eigenvalue weighted by atomic mass is 9.47. The number of aromatic amines is 1. The van der Waals surface area contributed by atoms with Gasteiger partial charge in [-0.1, -0.05) is 42.5 Å². The summed E-state index contributed by atoms with van der Waals surface area (Å²) in [5, 5.41) is 55.0. The molecule has 0 unspecified atom stereocenters. The molecule has 4 aromatic rings. The number of phenolic OH excluding ortho intramolecular Hbond substituents is 2. The van der Waals surface area contributed by atoms with Gasteiger partial charge in [0.05, 0.1) is 40.4 Å². The zero-order chi connectivity index (χ0) is 42.8. The Labute approximate surface area is 362 Å². The first-order valence-corrected chi connectivity index (χ1v) is 22.4. The maximum absolute atomic E-state index is 14.3. The number of aromatic nitrogens is 1. The van der Waals surface area contributed by atoms with Crippen LogP contribution >= 0.6 is 0 Å². The van der Waals surface area contributed by atoms with Crippen molar-refractivity contribution < 1.29 is 49.0 Å². The summed E-state index contributed by atoms with van der Waals surface area (Å²) in [6, 6.07) is 15.4. The molecule has 1 aromatic heterocycles. The van der Waals surface area contributed by atoms with Gasteiger partial charge in [-0.2, -0.15) is 0 Å².